The first-order valence-electron chi connectivity index (χ1n) is 13.0. The van der Waals surface area contributed by atoms with Gasteiger partial charge in [0.15, 0.2) is 0 Å². The van der Waals surface area contributed by atoms with E-state index in [4.69, 9.17) is 27.9 Å². The predicted molar refractivity (Wildman–Crippen MR) is 163 cm³/mol. The van der Waals surface area contributed by atoms with Crippen molar-refractivity contribution in [3.63, 3.8) is 0 Å². The van der Waals surface area contributed by atoms with Gasteiger partial charge in [-0.1, -0.05) is 60.5 Å². The lowest BCUT2D eigenvalue weighted by Gasteiger charge is -2.35. The van der Waals surface area contributed by atoms with Crippen LogP contribution in [0.1, 0.15) is 39.7 Å². The Hall–Kier alpha value is -3.27. The number of nitrogens with one attached hydrogen (secondary N) is 1. The molecule has 2 amide bonds. The van der Waals surface area contributed by atoms with Gasteiger partial charge in [-0.3, -0.25) is 13.9 Å². The number of hydrogen-bond donors (Lipinski definition) is 1. The van der Waals surface area contributed by atoms with Crippen molar-refractivity contribution in [2.45, 2.75) is 57.1 Å². The Bertz CT molecular complexity index is 1460. The summed E-state index contributed by atoms with van der Waals surface area (Å²) in [5.74, 6) is -0.721. The van der Waals surface area contributed by atoms with Crippen LogP contribution in [0.3, 0.4) is 0 Å². The van der Waals surface area contributed by atoms with E-state index in [1.54, 1.807) is 55.5 Å². The Morgan fingerprint density at radius 3 is 2.12 bits per heavy atom. The zero-order valence-electron chi connectivity index (χ0n) is 23.7. The normalized spacial score (nSPS) is 12.4. The molecule has 0 aromatic heterocycles. The molecule has 8 nitrogen and oxygen atoms in total. The highest BCUT2D eigenvalue weighted by atomic mass is 35.5. The lowest BCUT2D eigenvalue weighted by molar-refractivity contribution is -0.141. The van der Waals surface area contributed by atoms with Gasteiger partial charge < -0.3 is 15.0 Å². The number of carbonyl (C=O) groups excluding carboxylic acids is 2. The summed E-state index contributed by atoms with van der Waals surface area (Å²) in [4.78, 5) is 29.0. The van der Waals surface area contributed by atoms with E-state index >= 15 is 0 Å². The van der Waals surface area contributed by atoms with Crippen molar-refractivity contribution in [1.29, 1.82) is 0 Å². The van der Waals surface area contributed by atoms with E-state index in [1.807, 2.05) is 20.8 Å². The highest BCUT2D eigenvalue weighted by Crippen LogP contribution is 2.35. The van der Waals surface area contributed by atoms with Gasteiger partial charge in [0.25, 0.3) is 10.0 Å². The number of hydrogen-bond acceptors (Lipinski definition) is 5. The summed E-state index contributed by atoms with van der Waals surface area (Å²) in [5, 5.41) is 3.73. The van der Waals surface area contributed by atoms with Gasteiger partial charge >= 0.3 is 0 Å². The molecular weight excluding hydrogens is 585 g/mol. The zero-order chi connectivity index (χ0) is 30.4. The van der Waals surface area contributed by atoms with E-state index in [9.17, 15) is 18.0 Å². The smallest absolute Gasteiger partial charge is 0.264 e. The van der Waals surface area contributed by atoms with Gasteiger partial charge in [0, 0.05) is 22.1 Å². The van der Waals surface area contributed by atoms with Crippen molar-refractivity contribution in [3.05, 3.63) is 88.4 Å². The Balaban J connectivity index is 2.12. The van der Waals surface area contributed by atoms with E-state index in [-0.39, 0.29) is 33.8 Å². The van der Waals surface area contributed by atoms with Gasteiger partial charge in [0.1, 0.15) is 18.3 Å². The first kappa shape index (κ1) is 32.2. The molecule has 41 heavy (non-hydrogen) atoms. The number of sulfonamides is 1. The second-order valence-corrected chi connectivity index (χ2v) is 13.2. The molecule has 3 aromatic rings. The van der Waals surface area contributed by atoms with E-state index in [0.29, 0.717) is 11.4 Å². The van der Waals surface area contributed by atoms with Gasteiger partial charge in [-0.25, -0.2) is 8.42 Å². The lowest BCUT2D eigenvalue weighted by Crippen LogP contribution is -2.55. The second kappa shape index (κ2) is 13.6. The van der Waals surface area contributed by atoms with Crippen molar-refractivity contribution in [1.82, 2.24) is 10.2 Å². The van der Waals surface area contributed by atoms with E-state index in [2.05, 4.69) is 5.32 Å². The molecule has 11 heteroatoms. The van der Waals surface area contributed by atoms with Crippen LogP contribution < -0.4 is 14.4 Å². The molecule has 3 aromatic carbocycles. The number of rotatable bonds is 11. The van der Waals surface area contributed by atoms with Gasteiger partial charge in [0.05, 0.1) is 17.7 Å². The van der Waals surface area contributed by atoms with Crippen LogP contribution in [-0.4, -0.2) is 50.4 Å². The predicted octanol–water partition coefficient (Wildman–Crippen LogP) is 5.92. The molecule has 3 rings (SSSR count). The topological polar surface area (TPSA) is 96.0 Å². The standard InChI is InChI=1S/C30H35Cl2N3O5S/c1-6-25(29(37)33-30(2,3)4)34(19-21-12-14-22(31)15-13-21)28(36)20-35(26-18-23(32)16-17-27(26)40-5)41(38,39)24-10-8-7-9-11-24/h7-18,25H,6,19-20H2,1-5H3,(H,33,37)/t25-/m1/s1. The van der Waals surface area contributed by atoms with Crippen LogP contribution in [0.5, 0.6) is 5.75 Å². The SMILES string of the molecule is CC[C@H](C(=O)NC(C)(C)C)N(Cc1ccc(Cl)cc1)C(=O)CN(c1cc(Cl)ccc1OC)S(=O)(=O)c1ccccc1. The molecule has 0 spiro atoms. The number of carbonyl (C=O) groups is 2. The van der Waals surface area contributed by atoms with Crippen LogP contribution in [0.15, 0.2) is 77.7 Å². The van der Waals surface area contributed by atoms with Crippen molar-refractivity contribution in [3.8, 4) is 5.75 Å². The fraction of sp³-hybridized carbons (Fsp3) is 0.333. The summed E-state index contributed by atoms with van der Waals surface area (Å²) in [6.45, 7) is 6.79. The first-order chi connectivity index (χ1) is 19.3. The maximum absolute atomic E-state index is 14.2. The Labute approximate surface area is 252 Å². The van der Waals surface area contributed by atoms with Crippen LogP contribution in [0.2, 0.25) is 10.0 Å². The van der Waals surface area contributed by atoms with Gasteiger partial charge in [-0.15, -0.1) is 0 Å². The summed E-state index contributed by atoms with van der Waals surface area (Å²) in [5.41, 5.74) is 0.273. The highest BCUT2D eigenvalue weighted by Gasteiger charge is 2.35. The quantitative estimate of drug-likeness (QED) is 0.287. The highest BCUT2D eigenvalue weighted by molar-refractivity contribution is 7.92. The minimum absolute atomic E-state index is 0.0170. The van der Waals surface area contributed by atoms with Gasteiger partial charge in [0.2, 0.25) is 11.8 Å². The fourth-order valence-corrected chi connectivity index (χ4v) is 5.98. The van der Waals surface area contributed by atoms with E-state index in [1.165, 1.54) is 36.3 Å². The maximum Gasteiger partial charge on any atom is 0.264 e. The number of ether oxygens (including phenoxy) is 1. The molecule has 0 unspecified atom stereocenters. The number of amides is 2. The van der Waals surface area contributed by atoms with Crippen LogP contribution in [0.25, 0.3) is 0 Å². The number of nitrogens with zero attached hydrogens (tertiary/aromatic N) is 2. The Morgan fingerprint density at radius 1 is 0.951 bits per heavy atom. The summed E-state index contributed by atoms with van der Waals surface area (Å²) >= 11 is 12.3. The number of halogens is 2. The number of methoxy groups -OCH3 is 1. The van der Waals surface area contributed by atoms with Crippen molar-refractivity contribution in [2.75, 3.05) is 18.0 Å². The van der Waals surface area contributed by atoms with Crippen molar-refractivity contribution >= 4 is 50.7 Å². The molecule has 1 N–H and O–H groups in total. The second-order valence-electron chi connectivity index (χ2n) is 10.5. The summed E-state index contributed by atoms with van der Waals surface area (Å²) < 4.78 is 34.4. The molecule has 0 saturated carbocycles. The molecule has 0 aliphatic carbocycles. The average molecular weight is 621 g/mol. The Morgan fingerprint density at radius 2 is 1.56 bits per heavy atom. The van der Waals surface area contributed by atoms with E-state index in [0.717, 1.165) is 9.87 Å². The molecule has 0 radical (unpaired) electrons. The van der Waals surface area contributed by atoms with Crippen LogP contribution in [0, 0.1) is 0 Å². The van der Waals surface area contributed by atoms with Crippen LogP contribution in [0.4, 0.5) is 5.69 Å². The summed E-state index contributed by atoms with van der Waals surface area (Å²) in [7, 11) is -2.86. The molecule has 0 heterocycles. The van der Waals surface area contributed by atoms with Crippen LogP contribution >= 0.6 is 23.2 Å². The third-order valence-corrected chi connectivity index (χ3v) is 8.43. The lowest BCUT2D eigenvalue weighted by atomic mass is 10.1. The molecular formula is C30H35Cl2N3O5S. The fourth-order valence-electron chi connectivity index (χ4n) is 4.25. The van der Waals surface area contributed by atoms with Crippen LogP contribution in [-0.2, 0) is 26.2 Å². The van der Waals surface area contributed by atoms with Crippen molar-refractivity contribution < 1.29 is 22.7 Å². The summed E-state index contributed by atoms with van der Waals surface area (Å²) in [6.07, 6.45) is 0.299. The average Bonchev–Trinajstić information content (AvgIpc) is 2.92. The third-order valence-electron chi connectivity index (χ3n) is 6.17. The van der Waals surface area contributed by atoms with Crippen molar-refractivity contribution in [2.24, 2.45) is 0 Å². The zero-order valence-corrected chi connectivity index (χ0v) is 26.1. The molecule has 0 aliphatic rings. The minimum Gasteiger partial charge on any atom is -0.495 e. The molecule has 1 atom stereocenters. The van der Waals surface area contributed by atoms with E-state index < -0.39 is 34.1 Å². The molecule has 0 fully saturated rings. The third kappa shape index (κ3) is 8.38. The van der Waals surface area contributed by atoms with Gasteiger partial charge in [-0.2, -0.15) is 0 Å². The maximum atomic E-state index is 14.2. The Kier molecular flexibility index (Phi) is 10.7. The molecule has 0 bridgehead atoms. The first-order valence-corrected chi connectivity index (χ1v) is 15.2. The monoisotopic (exact) mass is 619 g/mol. The molecule has 0 aliphatic heterocycles. The molecule has 220 valence electrons. The number of benzene rings is 3. The summed E-state index contributed by atoms with van der Waals surface area (Å²) in [6, 6.07) is 18.3. The molecule has 0 saturated heterocycles. The number of anilines is 1. The van der Waals surface area contributed by atoms with Gasteiger partial charge in [-0.05, 0) is 75.2 Å². The minimum atomic E-state index is -4.26. The largest absolute Gasteiger partial charge is 0.495 e.